The fraction of sp³-hybridized carbons (Fsp3) is 0.0238. The number of hydrogen-bond donors (Lipinski definition) is 2. The van der Waals surface area contributed by atoms with Crippen molar-refractivity contribution in [3.05, 3.63) is 156 Å². The molecule has 0 bridgehead atoms. The second-order valence-corrected chi connectivity index (χ2v) is 11.1. The average molecular weight is 591 g/mol. The second kappa shape index (κ2) is 12.6. The maximum Gasteiger partial charge on any atom is 0.0985 e. The lowest BCUT2D eigenvalue weighted by atomic mass is 9.83. The van der Waals surface area contributed by atoms with Gasteiger partial charge in [0.25, 0.3) is 0 Å². The van der Waals surface area contributed by atoms with Gasteiger partial charge in [0.2, 0.25) is 0 Å². The number of nitrogens with zero attached hydrogens (tertiary/aromatic N) is 2. The van der Waals surface area contributed by atoms with E-state index in [1.807, 2.05) is 30.3 Å². The summed E-state index contributed by atoms with van der Waals surface area (Å²) in [6.07, 6.45) is 6.27. The molecule has 0 aromatic heterocycles. The minimum Gasteiger partial charge on any atom is -0.404 e. The van der Waals surface area contributed by atoms with E-state index in [4.69, 9.17) is 11.1 Å². The number of nitrogens with one attached hydrogen (secondary N) is 1. The number of allylic oxidation sites excluding steroid dienone is 6. The molecule has 4 heteroatoms. The molecule has 0 saturated heterocycles. The Morgan fingerprint density at radius 2 is 1.20 bits per heavy atom. The highest BCUT2D eigenvalue weighted by molar-refractivity contribution is 6.24. The van der Waals surface area contributed by atoms with Gasteiger partial charge in [-0.3, -0.25) is 0 Å². The van der Waals surface area contributed by atoms with Gasteiger partial charge in [-0.25, -0.2) is 0 Å². The van der Waals surface area contributed by atoms with E-state index >= 15 is 0 Å². The van der Waals surface area contributed by atoms with Gasteiger partial charge in [0.05, 0.1) is 12.1 Å². The molecule has 0 atom stereocenters. The summed E-state index contributed by atoms with van der Waals surface area (Å²) in [6.45, 7) is 5.52. The van der Waals surface area contributed by atoms with Gasteiger partial charge in [-0.05, 0) is 90.3 Å². The molecule has 0 radical (unpaired) electrons. The molecular weight excluding hydrogens is 560 g/mol. The zero-order valence-electron chi connectivity index (χ0n) is 25.4. The summed E-state index contributed by atoms with van der Waals surface area (Å²) in [5, 5.41) is 33.2. The highest BCUT2D eigenvalue weighted by Crippen LogP contribution is 2.46. The van der Waals surface area contributed by atoms with E-state index in [2.05, 4.69) is 104 Å². The molecule has 0 amide bonds. The smallest absolute Gasteiger partial charge is 0.0985 e. The van der Waals surface area contributed by atoms with E-state index < -0.39 is 0 Å². The standard InChI is InChI=1S/C42H30N4/c1-27(23-43)21-31(25-45)29-15-17-30(18-16-29)41-36-11-5-7-13-38(36)42(39-14-8-6-12-37(39)41)40-20-19-33(32(26-46)22-28(2)24-44)34-9-3-4-10-35(34)40/h3-22,25-26,45H,1,46H2,2H3/b28-22+,31-21+,32-26+,45-25?. The fourth-order valence-corrected chi connectivity index (χ4v) is 6.24. The Labute approximate surface area is 268 Å². The van der Waals surface area contributed by atoms with Gasteiger partial charge in [-0.1, -0.05) is 116 Å². The molecule has 6 rings (SSSR count). The maximum absolute atomic E-state index is 9.42. The van der Waals surface area contributed by atoms with Crippen LogP contribution in [0.25, 0.3) is 65.7 Å². The van der Waals surface area contributed by atoms with Crippen LogP contribution in [-0.4, -0.2) is 6.21 Å². The molecule has 0 spiro atoms. The summed E-state index contributed by atoms with van der Waals surface area (Å²) in [5.74, 6) is 0. The van der Waals surface area contributed by atoms with Crippen molar-refractivity contribution in [3.8, 4) is 34.4 Å². The number of nitriles is 2. The van der Waals surface area contributed by atoms with Gasteiger partial charge in [0, 0.05) is 29.1 Å². The molecule has 0 heterocycles. The van der Waals surface area contributed by atoms with Crippen molar-refractivity contribution in [2.24, 2.45) is 5.73 Å². The molecule has 46 heavy (non-hydrogen) atoms. The summed E-state index contributed by atoms with van der Waals surface area (Å²) in [5.41, 5.74) is 14.7. The van der Waals surface area contributed by atoms with Crippen LogP contribution in [0, 0.1) is 28.1 Å². The third-order valence-corrected chi connectivity index (χ3v) is 8.30. The van der Waals surface area contributed by atoms with Crippen LogP contribution in [0.15, 0.2) is 145 Å². The quantitative estimate of drug-likeness (QED) is 0.0837. The zero-order chi connectivity index (χ0) is 32.2. The number of rotatable bonds is 7. The summed E-state index contributed by atoms with van der Waals surface area (Å²) in [7, 11) is 0. The molecule has 218 valence electrons. The molecule has 0 fully saturated rings. The van der Waals surface area contributed by atoms with Gasteiger partial charge >= 0.3 is 0 Å². The van der Waals surface area contributed by atoms with Crippen molar-refractivity contribution in [1.82, 2.24) is 0 Å². The molecule has 6 aromatic rings. The summed E-state index contributed by atoms with van der Waals surface area (Å²) in [6, 6.07) is 42.0. The van der Waals surface area contributed by atoms with Crippen LogP contribution in [0.4, 0.5) is 0 Å². The fourth-order valence-electron chi connectivity index (χ4n) is 6.24. The predicted octanol–water partition coefficient (Wildman–Crippen LogP) is 10.4. The van der Waals surface area contributed by atoms with Crippen LogP contribution in [0.3, 0.4) is 0 Å². The van der Waals surface area contributed by atoms with Crippen LogP contribution < -0.4 is 5.73 Å². The van der Waals surface area contributed by atoms with E-state index in [9.17, 15) is 10.5 Å². The van der Waals surface area contributed by atoms with Crippen molar-refractivity contribution in [2.75, 3.05) is 0 Å². The van der Waals surface area contributed by atoms with E-state index in [0.29, 0.717) is 16.7 Å². The van der Waals surface area contributed by atoms with E-state index in [1.165, 1.54) is 6.21 Å². The molecule has 0 unspecified atom stereocenters. The Hall–Kier alpha value is -6.49. The Balaban J connectivity index is 1.62. The molecular formula is C42H30N4. The third-order valence-electron chi connectivity index (χ3n) is 8.30. The maximum atomic E-state index is 9.42. The first kappa shape index (κ1) is 29.6. The molecule has 4 nitrogen and oxygen atoms in total. The summed E-state index contributed by atoms with van der Waals surface area (Å²) in [4.78, 5) is 0. The van der Waals surface area contributed by atoms with Crippen LogP contribution in [-0.2, 0) is 0 Å². The topological polar surface area (TPSA) is 97.5 Å². The predicted molar refractivity (Wildman–Crippen MR) is 193 cm³/mol. The normalized spacial score (nSPS) is 12.2. The van der Waals surface area contributed by atoms with Gasteiger partial charge < -0.3 is 11.1 Å². The minimum absolute atomic E-state index is 0.305. The van der Waals surface area contributed by atoms with Crippen molar-refractivity contribution >= 4 is 49.7 Å². The zero-order valence-corrected chi connectivity index (χ0v) is 25.4. The van der Waals surface area contributed by atoms with Gasteiger partial charge in [-0.15, -0.1) is 0 Å². The van der Waals surface area contributed by atoms with E-state index in [0.717, 1.165) is 71.3 Å². The van der Waals surface area contributed by atoms with Gasteiger partial charge in [-0.2, -0.15) is 10.5 Å². The Morgan fingerprint density at radius 1 is 0.652 bits per heavy atom. The highest BCUT2D eigenvalue weighted by atomic mass is 14.5. The van der Waals surface area contributed by atoms with Crippen LogP contribution in [0.2, 0.25) is 0 Å². The van der Waals surface area contributed by atoms with Gasteiger partial charge in [0.15, 0.2) is 0 Å². The lowest BCUT2D eigenvalue weighted by Crippen LogP contribution is -1.94. The first-order valence-corrected chi connectivity index (χ1v) is 14.9. The first-order valence-electron chi connectivity index (χ1n) is 14.9. The van der Waals surface area contributed by atoms with Crippen LogP contribution in [0.1, 0.15) is 18.1 Å². The minimum atomic E-state index is 0.305. The third kappa shape index (κ3) is 5.26. The van der Waals surface area contributed by atoms with Crippen molar-refractivity contribution < 1.29 is 0 Å². The average Bonchev–Trinajstić information content (AvgIpc) is 3.11. The van der Waals surface area contributed by atoms with Crippen molar-refractivity contribution in [2.45, 2.75) is 6.92 Å². The largest absolute Gasteiger partial charge is 0.404 e. The number of nitrogens with two attached hydrogens (primary N) is 1. The van der Waals surface area contributed by atoms with Crippen molar-refractivity contribution in [1.29, 1.82) is 15.9 Å². The molecule has 0 aliphatic carbocycles. The van der Waals surface area contributed by atoms with Crippen LogP contribution in [0.5, 0.6) is 0 Å². The molecule has 0 aliphatic heterocycles. The van der Waals surface area contributed by atoms with Crippen molar-refractivity contribution in [3.63, 3.8) is 0 Å². The number of hydrogen-bond acceptors (Lipinski definition) is 4. The Morgan fingerprint density at radius 3 is 1.72 bits per heavy atom. The highest BCUT2D eigenvalue weighted by Gasteiger charge is 2.19. The molecule has 0 saturated carbocycles. The molecule has 0 aliphatic rings. The Kier molecular flexibility index (Phi) is 8.12. The number of fused-ring (bicyclic) bond motifs is 3. The first-order chi connectivity index (χ1) is 22.5. The lowest BCUT2D eigenvalue weighted by molar-refractivity contribution is 1.44. The van der Waals surface area contributed by atoms with Gasteiger partial charge in [0.1, 0.15) is 0 Å². The van der Waals surface area contributed by atoms with E-state index in [1.54, 1.807) is 19.2 Å². The van der Waals surface area contributed by atoms with E-state index in [-0.39, 0.29) is 0 Å². The molecule has 3 N–H and O–H groups in total. The second-order valence-electron chi connectivity index (χ2n) is 11.1. The van der Waals surface area contributed by atoms with Crippen LogP contribution >= 0.6 is 0 Å². The monoisotopic (exact) mass is 590 g/mol. The number of benzene rings is 6. The Bertz CT molecular complexity index is 2320. The summed E-state index contributed by atoms with van der Waals surface area (Å²) < 4.78 is 0. The SMILES string of the molecule is C=C(C#N)/C=C(\C=N)c1ccc(-c2c3ccccc3c(-c3ccc(C(/C=C(\C)C#N)=C/N)c4ccccc34)c3ccccc23)cc1. The molecule has 6 aromatic carbocycles. The summed E-state index contributed by atoms with van der Waals surface area (Å²) >= 11 is 0. The lowest BCUT2D eigenvalue weighted by Gasteiger charge is -2.20.